The van der Waals surface area contributed by atoms with Crippen molar-refractivity contribution in [3.05, 3.63) is 64.7 Å². The molecule has 0 aromatic heterocycles. The Morgan fingerprint density at radius 3 is 2.33 bits per heavy atom. The fourth-order valence-corrected chi connectivity index (χ4v) is 2.28. The predicted molar refractivity (Wildman–Crippen MR) is 88.8 cm³/mol. The highest BCUT2D eigenvalue weighted by atomic mass is 19.3. The first kappa shape index (κ1) is 20.0. The van der Waals surface area contributed by atoms with E-state index in [0.717, 1.165) is 24.3 Å². The van der Waals surface area contributed by atoms with Gasteiger partial charge in [-0.05, 0) is 30.7 Å². The van der Waals surface area contributed by atoms with Crippen molar-refractivity contribution in [2.24, 2.45) is 0 Å². The van der Waals surface area contributed by atoms with Gasteiger partial charge in [0.15, 0.2) is 0 Å². The molecule has 140 valence electrons. The molecule has 0 N–H and O–H groups in total. The van der Waals surface area contributed by atoms with Crippen LogP contribution in [0.2, 0.25) is 0 Å². The number of carbonyl (C=O) groups excluding carboxylic acids is 1. The van der Waals surface area contributed by atoms with Gasteiger partial charge in [-0.15, -0.1) is 0 Å². The average molecular weight is 379 g/mol. The SMILES string of the molecule is Cc1ccccc1C(=O)/C(C#N)=C/c1ccc(OC(F)F)cc1OC(F)F. The van der Waals surface area contributed by atoms with Gasteiger partial charge < -0.3 is 9.47 Å². The zero-order chi connectivity index (χ0) is 20.0. The van der Waals surface area contributed by atoms with Crippen LogP contribution in [0.4, 0.5) is 17.6 Å². The molecule has 27 heavy (non-hydrogen) atoms. The minimum absolute atomic E-state index is 0.0598. The molecular weight excluding hydrogens is 366 g/mol. The van der Waals surface area contributed by atoms with Gasteiger partial charge in [0.2, 0.25) is 5.78 Å². The summed E-state index contributed by atoms with van der Waals surface area (Å²) in [6.45, 7) is -4.70. The number of alkyl halides is 4. The number of ether oxygens (including phenoxy) is 2. The molecule has 2 aromatic carbocycles. The first-order chi connectivity index (χ1) is 12.8. The summed E-state index contributed by atoms with van der Waals surface area (Å²) in [5.41, 5.74) is 0.522. The lowest BCUT2D eigenvalue weighted by Crippen LogP contribution is -2.07. The Morgan fingerprint density at radius 2 is 1.74 bits per heavy atom. The molecule has 0 aliphatic rings. The molecule has 0 aliphatic carbocycles. The standard InChI is InChI=1S/C19H13F4NO3/c1-11-4-2-3-5-15(11)17(25)13(10-24)8-12-6-7-14(26-18(20)21)9-16(12)27-19(22)23/h2-9,18-19H,1H3/b13-8+. The molecule has 2 rings (SSSR count). The zero-order valence-electron chi connectivity index (χ0n) is 14.0. The predicted octanol–water partition coefficient (Wildman–Crippen LogP) is 4.99. The largest absolute Gasteiger partial charge is 0.435 e. The third-order valence-electron chi connectivity index (χ3n) is 3.48. The number of hydrogen-bond donors (Lipinski definition) is 0. The van der Waals surface area contributed by atoms with Crippen LogP contribution in [0.25, 0.3) is 6.08 Å². The molecule has 0 saturated heterocycles. The minimum Gasteiger partial charge on any atom is -0.435 e. The minimum atomic E-state index is -3.24. The number of aryl methyl sites for hydroxylation is 1. The number of nitrogens with zero attached hydrogens (tertiary/aromatic N) is 1. The summed E-state index contributed by atoms with van der Waals surface area (Å²) in [6.07, 6.45) is 1.05. The second kappa shape index (κ2) is 8.85. The maximum atomic E-state index is 12.6. The van der Waals surface area contributed by atoms with Crippen LogP contribution < -0.4 is 9.47 Å². The summed E-state index contributed by atoms with van der Waals surface area (Å²) in [5, 5.41) is 9.30. The normalized spacial score (nSPS) is 11.4. The van der Waals surface area contributed by atoms with Crippen molar-refractivity contribution in [1.82, 2.24) is 0 Å². The highest BCUT2D eigenvalue weighted by molar-refractivity contribution is 6.14. The number of rotatable bonds is 7. The quantitative estimate of drug-likeness (QED) is 0.294. The monoisotopic (exact) mass is 379 g/mol. The summed E-state index contributed by atoms with van der Waals surface area (Å²) >= 11 is 0. The van der Waals surface area contributed by atoms with E-state index in [0.29, 0.717) is 5.56 Å². The lowest BCUT2D eigenvalue weighted by molar-refractivity contribution is -0.0543. The van der Waals surface area contributed by atoms with Crippen LogP contribution in [0.5, 0.6) is 11.5 Å². The number of hydrogen-bond acceptors (Lipinski definition) is 4. The van der Waals surface area contributed by atoms with E-state index in [1.807, 2.05) is 0 Å². The van der Waals surface area contributed by atoms with Gasteiger partial charge in [0.25, 0.3) is 0 Å². The van der Waals surface area contributed by atoms with E-state index in [9.17, 15) is 27.6 Å². The summed E-state index contributed by atoms with van der Waals surface area (Å²) in [5.74, 6) is -1.51. The van der Waals surface area contributed by atoms with E-state index < -0.39 is 30.5 Å². The van der Waals surface area contributed by atoms with Gasteiger partial charge in [-0.2, -0.15) is 22.8 Å². The first-order valence-electron chi connectivity index (χ1n) is 7.57. The molecule has 4 nitrogen and oxygen atoms in total. The maximum absolute atomic E-state index is 12.6. The second-order valence-corrected chi connectivity index (χ2v) is 5.27. The van der Waals surface area contributed by atoms with E-state index in [2.05, 4.69) is 9.47 Å². The molecule has 0 spiro atoms. The number of carbonyl (C=O) groups is 1. The van der Waals surface area contributed by atoms with Crippen LogP contribution in [0.1, 0.15) is 21.5 Å². The number of halogens is 4. The lowest BCUT2D eigenvalue weighted by atomic mass is 9.98. The van der Waals surface area contributed by atoms with Crippen molar-refractivity contribution in [3.63, 3.8) is 0 Å². The summed E-state index contributed by atoms with van der Waals surface area (Å²) in [7, 11) is 0. The molecule has 2 aromatic rings. The van der Waals surface area contributed by atoms with Gasteiger partial charge in [0, 0.05) is 17.2 Å². The number of Topliss-reactive ketones (excluding diaryl/α,β-unsaturated/α-hetero) is 1. The van der Waals surface area contributed by atoms with Crippen molar-refractivity contribution in [3.8, 4) is 17.6 Å². The van der Waals surface area contributed by atoms with Crippen molar-refractivity contribution >= 4 is 11.9 Å². The molecule has 8 heteroatoms. The highest BCUT2D eigenvalue weighted by Crippen LogP contribution is 2.30. The molecule has 0 atom stereocenters. The fourth-order valence-electron chi connectivity index (χ4n) is 2.28. The van der Waals surface area contributed by atoms with Gasteiger partial charge >= 0.3 is 13.2 Å². The molecular formula is C19H13F4NO3. The molecule has 0 saturated carbocycles. The Labute approximate surface area is 152 Å². The molecule has 0 unspecified atom stereocenters. The van der Waals surface area contributed by atoms with Crippen molar-refractivity contribution in [1.29, 1.82) is 5.26 Å². The summed E-state index contributed by atoms with van der Waals surface area (Å²) in [6, 6.07) is 11.3. The van der Waals surface area contributed by atoms with Crippen molar-refractivity contribution in [2.45, 2.75) is 20.1 Å². The van der Waals surface area contributed by atoms with E-state index in [1.165, 1.54) is 6.07 Å². The third kappa shape index (κ3) is 5.31. The van der Waals surface area contributed by atoms with Gasteiger partial charge in [-0.1, -0.05) is 24.3 Å². The van der Waals surface area contributed by atoms with E-state index in [4.69, 9.17) is 0 Å². The first-order valence-corrected chi connectivity index (χ1v) is 7.57. The van der Waals surface area contributed by atoms with Crippen molar-refractivity contribution < 1.29 is 31.8 Å². The van der Waals surface area contributed by atoms with E-state index in [-0.39, 0.29) is 16.7 Å². The Morgan fingerprint density at radius 1 is 1.07 bits per heavy atom. The Bertz CT molecular complexity index is 904. The molecule has 0 aliphatic heterocycles. The molecule has 0 fully saturated rings. The Balaban J connectivity index is 2.46. The number of nitriles is 1. The second-order valence-electron chi connectivity index (χ2n) is 5.27. The topological polar surface area (TPSA) is 59.3 Å². The molecule has 0 amide bonds. The van der Waals surface area contributed by atoms with E-state index in [1.54, 1.807) is 31.2 Å². The highest BCUT2D eigenvalue weighted by Gasteiger charge is 2.17. The smallest absolute Gasteiger partial charge is 0.387 e. The van der Waals surface area contributed by atoms with Crippen LogP contribution in [0, 0.1) is 18.3 Å². The molecule has 0 heterocycles. The van der Waals surface area contributed by atoms with Crippen LogP contribution in [0.3, 0.4) is 0 Å². The number of benzene rings is 2. The maximum Gasteiger partial charge on any atom is 0.387 e. The Kier molecular flexibility index (Phi) is 6.55. The number of allylic oxidation sites excluding steroid dienone is 1. The lowest BCUT2D eigenvalue weighted by Gasteiger charge is -2.11. The third-order valence-corrected chi connectivity index (χ3v) is 3.48. The van der Waals surface area contributed by atoms with Crippen LogP contribution in [-0.4, -0.2) is 19.0 Å². The van der Waals surface area contributed by atoms with Gasteiger partial charge in [-0.3, -0.25) is 4.79 Å². The molecule has 0 bridgehead atoms. The van der Waals surface area contributed by atoms with Crippen LogP contribution in [0.15, 0.2) is 48.0 Å². The van der Waals surface area contributed by atoms with Crippen molar-refractivity contribution in [2.75, 3.05) is 0 Å². The van der Waals surface area contributed by atoms with Gasteiger partial charge in [0.1, 0.15) is 23.1 Å². The number of ketones is 1. The van der Waals surface area contributed by atoms with Gasteiger partial charge in [-0.25, -0.2) is 0 Å². The summed E-state index contributed by atoms with van der Waals surface area (Å²) < 4.78 is 58.3. The van der Waals surface area contributed by atoms with Crippen LogP contribution >= 0.6 is 0 Å². The zero-order valence-corrected chi connectivity index (χ0v) is 14.0. The Hall–Kier alpha value is -3.34. The van der Waals surface area contributed by atoms with E-state index >= 15 is 0 Å². The molecule has 0 radical (unpaired) electrons. The van der Waals surface area contributed by atoms with Crippen LogP contribution in [-0.2, 0) is 0 Å². The fraction of sp³-hybridized carbons (Fsp3) is 0.158. The van der Waals surface area contributed by atoms with Gasteiger partial charge in [0.05, 0.1) is 0 Å². The average Bonchev–Trinajstić information content (AvgIpc) is 2.60. The summed E-state index contributed by atoms with van der Waals surface area (Å²) in [4.78, 5) is 12.5.